The fourth-order valence-corrected chi connectivity index (χ4v) is 2.48. The molecule has 0 aromatic rings. The summed E-state index contributed by atoms with van der Waals surface area (Å²) in [7, 11) is 0. The van der Waals surface area contributed by atoms with Crippen molar-refractivity contribution in [1.82, 2.24) is 21.1 Å². The average molecular weight is 285 g/mol. The molecular weight excluding hydrogens is 250 g/mol. The molecule has 0 aromatic carbocycles. The van der Waals surface area contributed by atoms with Gasteiger partial charge in [-0.1, -0.05) is 6.42 Å². The summed E-state index contributed by atoms with van der Waals surface area (Å²) in [6.45, 7) is 8.80. The monoisotopic (exact) mass is 285 g/mol. The zero-order chi connectivity index (χ0) is 14.3. The van der Waals surface area contributed by atoms with E-state index in [1.165, 1.54) is 51.6 Å². The zero-order valence-corrected chi connectivity index (χ0v) is 13.1. The first-order chi connectivity index (χ1) is 9.93. The van der Waals surface area contributed by atoms with E-state index in [4.69, 9.17) is 5.73 Å². The van der Waals surface area contributed by atoms with Crippen LogP contribution in [0.3, 0.4) is 0 Å². The Morgan fingerprint density at radius 1 is 0.700 bits per heavy atom. The van der Waals surface area contributed by atoms with E-state index in [2.05, 4.69) is 21.1 Å². The molecule has 0 amide bonds. The van der Waals surface area contributed by atoms with Crippen LogP contribution in [0.5, 0.6) is 0 Å². The maximum absolute atomic E-state index is 5.44. The van der Waals surface area contributed by atoms with Crippen molar-refractivity contribution in [2.45, 2.75) is 44.9 Å². The molecule has 1 rings (SSSR count). The molecule has 0 saturated carbocycles. The lowest BCUT2D eigenvalue weighted by Gasteiger charge is -2.27. The van der Waals surface area contributed by atoms with E-state index in [1.807, 2.05) is 0 Å². The van der Waals surface area contributed by atoms with Crippen LogP contribution in [-0.4, -0.2) is 57.4 Å². The van der Waals surface area contributed by atoms with Gasteiger partial charge in [0.1, 0.15) is 0 Å². The van der Waals surface area contributed by atoms with E-state index in [1.54, 1.807) is 0 Å². The fraction of sp³-hybridized carbons (Fsp3) is 1.00. The smallest absolute Gasteiger partial charge is 0.0131 e. The Morgan fingerprint density at radius 2 is 1.30 bits per heavy atom. The summed E-state index contributed by atoms with van der Waals surface area (Å²) in [6, 6.07) is 0. The van der Waals surface area contributed by atoms with Crippen molar-refractivity contribution in [2.24, 2.45) is 5.73 Å². The second kappa shape index (κ2) is 13.8. The quantitative estimate of drug-likeness (QED) is 0.375. The van der Waals surface area contributed by atoms with Gasteiger partial charge in [-0.15, -0.1) is 0 Å². The van der Waals surface area contributed by atoms with Gasteiger partial charge in [-0.25, -0.2) is 5.01 Å². The molecule has 5 heteroatoms. The van der Waals surface area contributed by atoms with Crippen LogP contribution in [0.15, 0.2) is 0 Å². The highest BCUT2D eigenvalue weighted by molar-refractivity contribution is 4.61. The van der Waals surface area contributed by atoms with Gasteiger partial charge in [0.05, 0.1) is 0 Å². The molecule has 5 N–H and O–H groups in total. The minimum atomic E-state index is 0.792. The standard InChI is InChI=1S/C15H35N5/c16-8-6-11-17-9-2-3-10-18-12-7-13-19-20-14-4-1-5-15-20/h17-19H,1-16H2. The van der Waals surface area contributed by atoms with Crippen molar-refractivity contribution in [3.63, 3.8) is 0 Å². The van der Waals surface area contributed by atoms with Gasteiger partial charge in [0.25, 0.3) is 0 Å². The Labute approximate surface area is 125 Å². The number of hydrogen-bond donors (Lipinski definition) is 4. The molecule has 0 unspecified atom stereocenters. The number of hydrazine groups is 1. The van der Waals surface area contributed by atoms with Crippen molar-refractivity contribution in [2.75, 3.05) is 52.4 Å². The van der Waals surface area contributed by atoms with Crippen molar-refractivity contribution >= 4 is 0 Å². The van der Waals surface area contributed by atoms with Gasteiger partial charge >= 0.3 is 0 Å². The van der Waals surface area contributed by atoms with E-state index in [-0.39, 0.29) is 0 Å². The van der Waals surface area contributed by atoms with Crippen LogP contribution in [0, 0.1) is 0 Å². The Hall–Kier alpha value is -0.200. The molecule has 1 aliphatic rings. The molecule has 0 radical (unpaired) electrons. The number of unbranched alkanes of at least 4 members (excludes halogenated alkanes) is 1. The molecule has 0 aromatic heterocycles. The summed E-state index contributed by atoms with van der Waals surface area (Å²) in [6.07, 6.45) is 8.92. The molecule has 5 nitrogen and oxygen atoms in total. The predicted molar refractivity (Wildman–Crippen MR) is 86.7 cm³/mol. The second-order valence-electron chi connectivity index (χ2n) is 5.66. The fourth-order valence-electron chi connectivity index (χ4n) is 2.48. The molecule has 0 bridgehead atoms. The lowest BCUT2D eigenvalue weighted by atomic mass is 10.2. The Morgan fingerprint density at radius 3 is 1.95 bits per heavy atom. The highest BCUT2D eigenvalue weighted by Gasteiger charge is 2.07. The number of nitrogens with one attached hydrogen (secondary N) is 3. The summed E-state index contributed by atoms with van der Waals surface area (Å²) < 4.78 is 0. The molecule has 1 saturated heterocycles. The van der Waals surface area contributed by atoms with Crippen molar-refractivity contribution in [3.05, 3.63) is 0 Å². The van der Waals surface area contributed by atoms with Gasteiger partial charge in [0, 0.05) is 19.6 Å². The summed E-state index contributed by atoms with van der Waals surface area (Å²) in [5.41, 5.74) is 8.96. The van der Waals surface area contributed by atoms with Crippen LogP contribution < -0.4 is 21.8 Å². The van der Waals surface area contributed by atoms with E-state index in [9.17, 15) is 0 Å². The zero-order valence-electron chi connectivity index (χ0n) is 13.1. The summed E-state index contributed by atoms with van der Waals surface area (Å²) in [5, 5.41) is 9.31. The molecular formula is C15H35N5. The first-order valence-corrected chi connectivity index (χ1v) is 8.53. The van der Waals surface area contributed by atoms with Gasteiger partial charge < -0.3 is 16.4 Å². The van der Waals surface area contributed by atoms with Crippen LogP contribution in [0.1, 0.15) is 44.9 Å². The average Bonchev–Trinajstić information content (AvgIpc) is 2.49. The highest BCUT2D eigenvalue weighted by atomic mass is 15.5. The summed E-state index contributed by atoms with van der Waals surface area (Å²) in [5.74, 6) is 0. The SMILES string of the molecule is NCCCNCCCCNCCCNN1CCCCC1. The van der Waals surface area contributed by atoms with Gasteiger partial charge in [-0.05, 0) is 71.2 Å². The number of piperidine rings is 1. The van der Waals surface area contributed by atoms with E-state index >= 15 is 0 Å². The molecule has 1 aliphatic heterocycles. The van der Waals surface area contributed by atoms with E-state index < -0.39 is 0 Å². The third-order valence-corrected chi connectivity index (χ3v) is 3.74. The number of nitrogens with zero attached hydrogens (tertiary/aromatic N) is 1. The van der Waals surface area contributed by atoms with Crippen LogP contribution in [0.2, 0.25) is 0 Å². The minimum absolute atomic E-state index is 0.792. The highest BCUT2D eigenvalue weighted by Crippen LogP contribution is 2.05. The Bertz CT molecular complexity index is 195. The van der Waals surface area contributed by atoms with E-state index in [0.717, 1.165) is 45.7 Å². The van der Waals surface area contributed by atoms with Crippen molar-refractivity contribution < 1.29 is 0 Å². The van der Waals surface area contributed by atoms with Crippen molar-refractivity contribution in [3.8, 4) is 0 Å². The molecule has 1 fully saturated rings. The maximum atomic E-state index is 5.44. The first-order valence-electron chi connectivity index (χ1n) is 8.53. The Kier molecular flexibility index (Phi) is 12.3. The third kappa shape index (κ3) is 10.6. The first kappa shape index (κ1) is 17.9. The summed E-state index contributed by atoms with van der Waals surface area (Å²) >= 11 is 0. The van der Waals surface area contributed by atoms with Crippen LogP contribution in [0.4, 0.5) is 0 Å². The molecule has 120 valence electrons. The molecule has 1 heterocycles. The second-order valence-corrected chi connectivity index (χ2v) is 5.66. The van der Waals surface area contributed by atoms with Gasteiger partial charge in [0.2, 0.25) is 0 Å². The largest absolute Gasteiger partial charge is 0.330 e. The van der Waals surface area contributed by atoms with Crippen LogP contribution in [0.25, 0.3) is 0 Å². The number of hydrogen-bond acceptors (Lipinski definition) is 5. The molecule has 0 spiro atoms. The Balaban J connectivity index is 1.70. The number of rotatable bonds is 13. The lowest BCUT2D eigenvalue weighted by molar-refractivity contribution is 0.154. The normalized spacial score (nSPS) is 16.6. The maximum Gasteiger partial charge on any atom is 0.0131 e. The third-order valence-electron chi connectivity index (χ3n) is 3.74. The van der Waals surface area contributed by atoms with Crippen LogP contribution >= 0.6 is 0 Å². The summed E-state index contributed by atoms with van der Waals surface area (Å²) in [4.78, 5) is 0. The number of nitrogens with two attached hydrogens (primary N) is 1. The van der Waals surface area contributed by atoms with Gasteiger partial charge in [-0.3, -0.25) is 5.43 Å². The van der Waals surface area contributed by atoms with Crippen molar-refractivity contribution in [1.29, 1.82) is 0 Å². The lowest BCUT2D eigenvalue weighted by Crippen LogP contribution is -2.42. The molecule has 0 aliphatic carbocycles. The van der Waals surface area contributed by atoms with Gasteiger partial charge in [0.15, 0.2) is 0 Å². The predicted octanol–water partition coefficient (Wildman–Crippen LogP) is 0.675. The van der Waals surface area contributed by atoms with Gasteiger partial charge in [-0.2, -0.15) is 0 Å². The topological polar surface area (TPSA) is 65.3 Å². The molecule has 0 atom stereocenters. The molecule has 20 heavy (non-hydrogen) atoms. The minimum Gasteiger partial charge on any atom is -0.330 e. The van der Waals surface area contributed by atoms with Crippen LogP contribution in [-0.2, 0) is 0 Å². The van der Waals surface area contributed by atoms with E-state index in [0.29, 0.717) is 0 Å².